The molecule has 0 unspecified atom stereocenters. The van der Waals surface area contributed by atoms with Crippen molar-refractivity contribution < 1.29 is 18.3 Å². The molecule has 5 rings (SSSR count). The lowest BCUT2D eigenvalue weighted by atomic mass is 10.0. The molecular weight excluding hydrogens is 464 g/mol. The van der Waals surface area contributed by atoms with Gasteiger partial charge in [0.15, 0.2) is 0 Å². The van der Waals surface area contributed by atoms with E-state index in [2.05, 4.69) is 25.5 Å². The topological polar surface area (TPSA) is 79.4 Å². The Bertz CT molecular complexity index is 1450. The minimum Gasteiger partial charge on any atom is -0.378 e. The third kappa shape index (κ3) is 4.96. The molecule has 9 heteroatoms. The lowest BCUT2D eigenvalue weighted by molar-refractivity contribution is -0.114. The Morgan fingerprint density at radius 3 is 2.53 bits per heavy atom. The van der Waals surface area contributed by atoms with E-state index < -0.39 is 11.6 Å². The van der Waals surface area contributed by atoms with Crippen LogP contribution in [0, 0.1) is 18.6 Å². The highest BCUT2D eigenvalue weighted by Gasteiger charge is 2.18. The fraction of sp³-hybridized carbons (Fsp3) is 0.222. The van der Waals surface area contributed by atoms with Crippen molar-refractivity contribution in [2.75, 3.05) is 41.8 Å². The average molecular weight is 490 g/mol. The van der Waals surface area contributed by atoms with Crippen molar-refractivity contribution in [3.05, 3.63) is 72.1 Å². The van der Waals surface area contributed by atoms with Gasteiger partial charge in [-0.25, -0.2) is 13.8 Å². The van der Waals surface area contributed by atoms with Crippen LogP contribution < -0.4 is 15.5 Å². The van der Waals surface area contributed by atoms with Crippen molar-refractivity contribution >= 4 is 39.6 Å². The summed E-state index contributed by atoms with van der Waals surface area (Å²) in [4.78, 5) is 22.6. The summed E-state index contributed by atoms with van der Waals surface area (Å²) in [5.74, 6) is -1.09. The maximum Gasteiger partial charge on any atom is 0.221 e. The molecule has 2 aromatic heterocycles. The summed E-state index contributed by atoms with van der Waals surface area (Å²) >= 11 is 0. The Morgan fingerprint density at radius 1 is 1.00 bits per heavy atom. The Balaban J connectivity index is 1.65. The zero-order valence-electron chi connectivity index (χ0n) is 19.9. The van der Waals surface area contributed by atoms with Crippen molar-refractivity contribution in [1.82, 2.24) is 9.97 Å². The van der Waals surface area contributed by atoms with Gasteiger partial charge in [-0.05, 0) is 48.9 Å². The lowest BCUT2D eigenvalue weighted by Gasteiger charge is -2.30. The third-order valence-electron chi connectivity index (χ3n) is 6.05. The van der Waals surface area contributed by atoms with Gasteiger partial charge in [-0.2, -0.15) is 0 Å². The van der Waals surface area contributed by atoms with E-state index in [1.165, 1.54) is 31.3 Å². The first-order valence-corrected chi connectivity index (χ1v) is 11.6. The Labute approximate surface area is 207 Å². The van der Waals surface area contributed by atoms with Crippen LogP contribution in [0.1, 0.15) is 12.5 Å². The first kappa shape index (κ1) is 23.6. The molecule has 1 amide bonds. The average Bonchev–Trinajstić information content (AvgIpc) is 2.85. The predicted molar refractivity (Wildman–Crippen MR) is 137 cm³/mol. The SMILES string of the molecule is CC(=O)Nc1cc(Nc2c(C)c(-c3cncc(F)c3)nc3cc(F)ccc23)cc(N2CCOCC2)c1. The van der Waals surface area contributed by atoms with Crippen LogP contribution in [-0.4, -0.2) is 42.2 Å². The fourth-order valence-electron chi connectivity index (χ4n) is 4.42. The molecule has 36 heavy (non-hydrogen) atoms. The van der Waals surface area contributed by atoms with Gasteiger partial charge < -0.3 is 20.3 Å². The van der Waals surface area contributed by atoms with E-state index in [-0.39, 0.29) is 5.91 Å². The fourth-order valence-corrected chi connectivity index (χ4v) is 4.42. The largest absolute Gasteiger partial charge is 0.378 e. The molecule has 0 radical (unpaired) electrons. The number of carbonyl (C=O) groups is 1. The molecule has 0 atom stereocenters. The molecule has 0 bridgehead atoms. The highest BCUT2D eigenvalue weighted by atomic mass is 19.1. The first-order chi connectivity index (χ1) is 17.4. The van der Waals surface area contributed by atoms with Crippen LogP contribution in [0.3, 0.4) is 0 Å². The van der Waals surface area contributed by atoms with Crippen molar-refractivity contribution in [3.8, 4) is 11.3 Å². The summed E-state index contributed by atoms with van der Waals surface area (Å²) in [6.07, 6.45) is 2.65. The number of amides is 1. The molecular formula is C27H25F2N5O2. The maximum absolute atomic E-state index is 14.1. The smallest absolute Gasteiger partial charge is 0.221 e. The first-order valence-electron chi connectivity index (χ1n) is 11.6. The Kier molecular flexibility index (Phi) is 6.47. The molecule has 2 N–H and O–H groups in total. The highest BCUT2D eigenvalue weighted by Crippen LogP contribution is 2.37. The summed E-state index contributed by atoms with van der Waals surface area (Å²) in [5, 5.41) is 7.04. The summed E-state index contributed by atoms with van der Waals surface area (Å²) < 4.78 is 33.6. The van der Waals surface area contributed by atoms with Gasteiger partial charge in [0.1, 0.15) is 11.6 Å². The van der Waals surface area contributed by atoms with Gasteiger partial charge in [-0.15, -0.1) is 0 Å². The van der Waals surface area contributed by atoms with Crippen LogP contribution in [0.15, 0.2) is 54.9 Å². The number of morpholine rings is 1. The molecule has 3 heterocycles. The van der Waals surface area contributed by atoms with Crippen LogP contribution in [0.2, 0.25) is 0 Å². The van der Waals surface area contributed by atoms with E-state index in [1.54, 1.807) is 6.07 Å². The normalized spacial score (nSPS) is 13.6. The van der Waals surface area contributed by atoms with E-state index in [0.717, 1.165) is 36.2 Å². The maximum atomic E-state index is 14.1. The van der Waals surface area contributed by atoms with Crippen LogP contribution in [0.4, 0.5) is 31.5 Å². The van der Waals surface area contributed by atoms with E-state index in [4.69, 9.17) is 4.74 Å². The van der Waals surface area contributed by atoms with Crippen molar-refractivity contribution in [3.63, 3.8) is 0 Å². The lowest BCUT2D eigenvalue weighted by Crippen LogP contribution is -2.36. The number of rotatable bonds is 5. The van der Waals surface area contributed by atoms with Gasteiger partial charge in [0, 0.05) is 60.3 Å². The van der Waals surface area contributed by atoms with Gasteiger partial charge in [0.2, 0.25) is 5.91 Å². The van der Waals surface area contributed by atoms with Crippen LogP contribution in [-0.2, 0) is 9.53 Å². The Morgan fingerprint density at radius 2 is 1.78 bits per heavy atom. The standard InChI is InChI=1S/C27H25F2N5O2/c1-16-26(18-9-20(29)15-30-14-18)33-25-10-19(28)3-4-24(25)27(16)32-22-11-21(31-17(2)35)12-23(13-22)34-5-7-36-8-6-34/h3-4,9-15H,5-8H2,1-2H3,(H,31,35)(H,32,33). The number of aromatic nitrogens is 2. The Hall–Kier alpha value is -4.11. The van der Waals surface area contributed by atoms with E-state index in [1.807, 2.05) is 25.1 Å². The second-order valence-electron chi connectivity index (χ2n) is 8.69. The third-order valence-corrected chi connectivity index (χ3v) is 6.05. The molecule has 2 aromatic carbocycles. The van der Waals surface area contributed by atoms with Gasteiger partial charge in [-0.3, -0.25) is 9.78 Å². The molecule has 4 aromatic rings. The van der Waals surface area contributed by atoms with Crippen LogP contribution in [0.5, 0.6) is 0 Å². The van der Waals surface area contributed by atoms with Gasteiger partial charge in [-0.1, -0.05) is 0 Å². The zero-order chi connectivity index (χ0) is 25.2. The second kappa shape index (κ2) is 9.87. The number of nitrogens with one attached hydrogen (secondary N) is 2. The molecule has 1 fully saturated rings. The monoisotopic (exact) mass is 489 g/mol. The van der Waals surface area contributed by atoms with Crippen molar-refractivity contribution in [2.24, 2.45) is 0 Å². The van der Waals surface area contributed by atoms with E-state index >= 15 is 0 Å². The van der Waals surface area contributed by atoms with Crippen molar-refractivity contribution in [2.45, 2.75) is 13.8 Å². The molecule has 1 aliphatic heterocycles. The number of ether oxygens (including phenoxy) is 1. The zero-order valence-corrected chi connectivity index (χ0v) is 19.9. The molecule has 0 aliphatic carbocycles. The molecule has 0 spiro atoms. The number of hydrogen-bond acceptors (Lipinski definition) is 6. The number of benzene rings is 2. The number of nitrogens with zero attached hydrogens (tertiary/aromatic N) is 3. The second-order valence-corrected chi connectivity index (χ2v) is 8.69. The summed E-state index contributed by atoms with van der Waals surface area (Å²) in [6.45, 7) is 6.05. The number of halogens is 2. The molecule has 184 valence electrons. The molecule has 1 saturated heterocycles. The number of fused-ring (bicyclic) bond motifs is 1. The summed E-state index contributed by atoms with van der Waals surface area (Å²) in [5.41, 5.74) is 5.16. The minimum absolute atomic E-state index is 0.179. The van der Waals surface area contributed by atoms with Gasteiger partial charge >= 0.3 is 0 Å². The minimum atomic E-state index is -0.485. The number of anilines is 4. The predicted octanol–water partition coefficient (Wildman–Crippen LogP) is 5.42. The summed E-state index contributed by atoms with van der Waals surface area (Å²) in [6, 6.07) is 11.5. The van der Waals surface area contributed by atoms with Gasteiger partial charge in [0.05, 0.1) is 36.3 Å². The van der Waals surface area contributed by atoms with Crippen LogP contribution >= 0.6 is 0 Å². The molecule has 7 nitrogen and oxygen atoms in total. The molecule has 1 aliphatic rings. The number of hydrogen-bond donors (Lipinski definition) is 2. The van der Waals surface area contributed by atoms with E-state index in [0.29, 0.717) is 46.7 Å². The molecule has 0 saturated carbocycles. The number of pyridine rings is 2. The highest BCUT2D eigenvalue weighted by molar-refractivity contribution is 5.98. The van der Waals surface area contributed by atoms with Gasteiger partial charge in [0.25, 0.3) is 0 Å². The van der Waals surface area contributed by atoms with Crippen LogP contribution in [0.25, 0.3) is 22.2 Å². The quantitative estimate of drug-likeness (QED) is 0.390. The summed E-state index contributed by atoms with van der Waals surface area (Å²) in [7, 11) is 0. The van der Waals surface area contributed by atoms with Crippen molar-refractivity contribution in [1.29, 1.82) is 0 Å². The van der Waals surface area contributed by atoms with E-state index in [9.17, 15) is 13.6 Å². The number of carbonyl (C=O) groups excluding carboxylic acids is 1.